The van der Waals surface area contributed by atoms with Crippen LogP contribution in [0.2, 0.25) is 0 Å². The number of carbonyl (C=O) groups excluding carboxylic acids is 3. The number of carbonyl (C=O) groups is 3. The molecular formula is C29H44N4O4. The van der Waals surface area contributed by atoms with Crippen LogP contribution in [0.15, 0.2) is 24.3 Å². The second-order valence-corrected chi connectivity index (χ2v) is 12.0. The summed E-state index contributed by atoms with van der Waals surface area (Å²) in [6.07, 6.45) is 0.450. The third-order valence-electron chi connectivity index (χ3n) is 8.66. The number of Topliss-reactive ketones (excluding diaryl/α,β-unsaturated/α-hetero) is 1. The Balaban J connectivity index is 1.47. The topological polar surface area (TPSA) is 82.2 Å². The molecule has 4 rings (SSSR count). The van der Waals surface area contributed by atoms with Gasteiger partial charge in [0.05, 0.1) is 6.10 Å². The van der Waals surface area contributed by atoms with Gasteiger partial charge in [-0.05, 0) is 42.1 Å². The molecule has 3 aliphatic heterocycles. The molecule has 0 bridgehead atoms. The lowest BCUT2D eigenvalue weighted by Gasteiger charge is -2.35. The number of ketones is 1. The van der Waals surface area contributed by atoms with E-state index in [-0.39, 0.29) is 47.6 Å². The first-order chi connectivity index (χ1) is 17.5. The second kappa shape index (κ2) is 11.1. The van der Waals surface area contributed by atoms with Crippen LogP contribution >= 0.6 is 0 Å². The van der Waals surface area contributed by atoms with E-state index in [4.69, 9.17) is 4.74 Å². The average molecular weight is 513 g/mol. The highest BCUT2D eigenvalue weighted by Gasteiger charge is 2.56. The van der Waals surface area contributed by atoms with Gasteiger partial charge in [0.1, 0.15) is 18.7 Å². The third kappa shape index (κ3) is 5.70. The number of likely N-dealkylation sites (N-methyl/N-ethyl adjacent to an activating group) is 1. The van der Waals surface area contributed by atoms with Crippen LogP contribution in [0, 0.1) is 17.3 Å². The minimum Gasteiger partial charge on any atom is -0.369 e. The quantitative estimate of drug-likeness (QED) is 0.605. The minimum atomic E-state index is -0.702. The zero-order valence-corrected chi connectivity index (χ0v) is 23.3. The first kappa shape index (κ1) is 27.6. The summed E-state index contributed by atoms with van der Waals surface area (Å²) >= 11 is 0. The summed E-state index contributed by atoms with van der Waals surface area (Å²) in [4.78, 5) is 46.4. The van der Waals surface area contributed by atoms with Gasteiger partial charge in [-0.3, -0.25) is 14.4 Å². The Kier molecular flexibility index (Phi) is 8.29. The Hall–Kier alpha value is -2.45. The number of benzene rings is 1. The van der Waals surface area contributed by atoms with Crippen molar-refractivity contribution in [1.82, 2.24) is 15.1 Å². The van der Waals surface area contributed by atoms with Crippen molar-refractivity contribution >= 4 is 23.3 Å². The lowest BCUT2D eigenvalue weighted by Crippen LogP contribution is -2.54. The first-order valence-electron chi connectivity index (χ1n) is 13.9. The van der Waals surface area contributed by atoms with Gasteiger partial charge in [0.2, 0.25) is 5.91 Å². The van der Waals surface area contributed by atoms with Gasteiger partial charge in [-0.1, -0.05) is 48.0 Å². The lowest BCUT2D eigenvalue weighted by molar-refractivity contribution is -0.139. The van der Waals surface area contributed by atoms with Gasteiger partial charge in [0.25, 0.3) is 5.91 Å². The number of hydrogen-bond donors (Lipinski definition) is 1. The van der Waals surface area contributed by atoms with Crippen molar-refractivity contribution in [2.24, 2.45) is 17.3 Å². The van der Waals surface area contributed by atoms with Crippen molar-refractivity contribution in [2.45, 2.75) is 66.2 Å². The number of amides is 2. The molecule has 0 radical (unpaired) electrons. The standard InChI is InChI=1S/C29H44N4O4/c1-7-19(3)24(28(36)33-17-22(29(4,5)6)26-25(33)23(34)18-37-26)30-27(35)20-9-11-21(12-10-20)32-15-13-31(8-2)14-16-32/h9-12,19,22,24-26H,7-8,13-18H2,1-6H3,(H,30,35)/t19-,22-,24-,25+,26+/m0/s1. The molecule has 2 amide bonds. The van der Waals surface area contributed by atoms with Gasteiger partial charge in [-0.15, -0.1) is 0 Å². The molecular weight excluding hydrogens is 468 g/mol. The highest BCUT2D eigenvalue weighted by Crippen LogP contribution is 2.42. The number of ether oxygens (including phenoxy) is 1. The summed E-state index contributed by atoms with van der Waals surface area (Å²) in [6, 6.07) is 6.39. The summed E-state index contributed by atoms with van der Waals surface area (Å²) in [5.74, 6) is -0.510. The average Bonchev–Trinajstić information content (AvgIpc) is 3.47. The van der Waals surface area contributed by atoms with Crippen LogP contribution in [0.25, 0.3) is 0 Å². The number of nitrogens with one attached hydrogen (secondary N) is 1. The number of fused-ring (bicyclic) bond motifs is 1. The van der Waals surface area contributed by atoms with E-state index >= 15 is 0 Å². The molecule has 3 saturated heterocycles. The van der Waals surface area contributed by atoms with Gasteiger partial charge in [-0.2, -0.15) is 0 Å². The number of rotatable bonds is 7. The van der Waals surface area contributed by atoms with Crippen LogP contribution in [0.4, 0.5) is 5.69 Å². The Morgan fingerprint density at radius 1 is 1.08 bits per heavy atom. The lowest BCUT2D eigenvalue weighted by atomic mass is 9.78. The van der Waals surface area contributed by atoms with Gasteiger partial charge in [-0.25, -0.2) is 0 Å². The Morgan fingerprint density at radius 2 is 1.73 bits per heavy atom. The summed E-state index contributed by atoms with van der Waals surface area (Å²) in [5, 5.41) is 3.02. The maximum Gasteiger partial charge on any atom is 0.251 e. The van der Waals surface area contributed by atoms with Crippen molar-refractivity contribution in [2.75, 3.05) is 50.8 Å². The molecule has 0 spiro atoms. The molecule has 5 atom stereocenters. The summed E-state index contributed by atoms with van der Waals surface area (Å²) < 4.78 is 5.86. The van der Waals surface area contributed by atoms with Crippen molar-refractivity contribution in [1.29, 1.82) is 0 Å². The van der Waals surface area contributed by atoms with E-state index in [0.717, 1.165) is 44.8 Å². The van der Waals surface area contributed by atoms with E-state index in [9.17, 15) is 14.4 Å². The first-order valence-corrected chi connectivity index (χ1v) is 13.9. The van der Waals surface area contributed by atoms with Crippen molar-refractivity contribution in [3.8, 4) is 0 Å². The zero-order chi connectivity index (χ0) is 26.9. The summed E-state index contributed by atoms with van der Waals surface area (Å²) in [5.41, 5.74) is 1.53. The number of piperazine rings is 1. The van der Waals surface area contributed by atoms with Crippen LogP contribution in [0.3, 0.4) is 0 Å². The fourth-order valence-electron chi connectivity index (χ4n) is 5.88. The molecule has 1 N–H and O–H groups in total. The highest BCUT2D eigenvalue weighted by molar-refractivity contribution is 5.99. The molecule has 3 heterocycles. The molecule has 8 nitrogen and oxygen atoms in total. The maximum absolute atomic E-state index is 13.9. The number of likely N-dealkylation sites (tertiary alicyclic amines) is 1. The molecule has 1 aromatic carbocycles. The van der Waals surface area contributed by atoms with E-state index in [1.165, 1.54) is 0 Å². The van der Waals surface area contributed by atoms with Gasteiger partial charge >= 0.3 is 0 Å². The largest absolute Gasteiger partial charge is 0.369 e. The number of hydrogen-bond acceptors (Lipinski definition) is 6. The summed E-state index contributed by atoms with van der Waals surface area (Å²) in [7, 11) is 0. The summed E-state index contributed by atoms with van der Waals surface area (Å²) in [6.45, 7) is 18.1. The van der Waals surface area contributed by atoms with Crippen LogP contribution in [0.1, 0.15) is 58.3 Å². The molecule has 0 unspecified atom stereocenters. The minimum absolute atomic E-state index is 0.0466. The third-order valence-corrected chi connectivity index (χ3v) is 8.66. The predicted octanol–water partition coefficient (Wildman–Crippen LogP) is 2.81. The predicted molar refractivity (Wildman–Crippen MR) is 145 cm³/mol. The molecule has 37 heavy (non-hydrogen) atoms. The molecule has 1 aromatic rings. The van der Waals surface area contributed by atoms with E-state index < -0.39 is 12.1 Å². The van der Waals surface area contributed by atoms with Gasteiger partial charge in [0.15, 0.2) is 5.78 Å². The van der Waals surface area contributed by atoms with Crippen LogP contribution in [-0.2, 0) is 14.3 Å². The van der Waals surface area contributed by atoms with Gasteiger partial charge < -0.3 is 24.8 Å². The fraction of sp³-hybridized carbons (Fsp3) is 0.690. The smallest absolute Gasteiger partial charge is 0.251 e. The molecule has 0 saturated carbocycles. The maximum atomic E-state index is 13.9. The molecule has 0 aliphatic carbocycles. The van der Waals surface area contributed by atoms with E-state index in [1.807, 2.05) is 38.1 Å². The Bertz CT molecular complexity index is 981. The van der Waals surface area contributed by atoms with Crippen molar-refractivity contribution in [3.63, 3.8) is 0 Å². The highest BCUT2D eigenvalue weighted by atomic mass is 16.5. The van der Waals surface area contributed by atoms with Crippen molar-refractivity contribution in [3.05, 3.63) is 29.8 Å². The second-order valence-electron chi connectivity index (χ2n) is 12.0. The Labute approximate surface area is 221 Å². The van der Waals surface area contributed by atoms with E-state index in [1.54, 1.807) is 4.90 Å². The molecule has 204 valence electrons. The monoisotopic (exact) mass is 512 g/mol. The zero-order valence-electron chi connectivity index (χ0n) is 23.3. The molecule has 3 aliphatic rings. The van der Waals surface area contributed by atoms with Gasteiger partial charge in [0, 0.05) is 49.9 Å². The van der Waals surface area contributed by atoms with Crippen LogP contribution < -0.4 is 10.2 Å². The Morgan fingerprint density at radius 3 is 2.30 bits per heavy atom. The normalized spacial score (nSPS) is 26.2. The number of anilines is 1. The van der Waals surface area contributed by atoms with Crippen LogP contribution in [0.5, 0.6) is 0 Å². The van der Waals surface area contributed by atoms with E-state index in [0.29, 0.717) is 12.1 Å². The SMILES string of the molecule is CC[C@H](C)[C@H](NC(=O)c1ccc(N2CCN(CC)CC2)cc1)C(=O)N1C[C@H](C(C)(C)C)[C@H]2OCC(=O)[C@H]21. The molecule has 8 heteroatoms. The molecule has 3 fully saturated rings. The van der Waals surface area contributed by atoms with Crippen molar-refractivity contribution < 1.29 is 19.1 Å². The number of nitrogens with zero attached hydrogens (tertiary/aromatic N) is 3. The van der Waals surface area contributed by atoms with E-state index in [2.05, 4.69) is 42.8 Å². The van der Waals surface area contributed by atoms with Crippen LogP contribution in [-0.4, -0.2) is 91.5 Å². The fourth-order valence-corrected chi connectivity index (χ4v) is 5.88. The molecule has 0 aromatic heterocycles.